The van der Waals surface area contributed by atoms with Crippen molar-refractivity contribution in [1.29, 1.82) is 0 Å². The number of hydrogen-bond donors (Lipinski definition) is 9. The van der Waals surface area contributed by atoms with Gasteiger partial charge in [-0.05, 0) is 12.8 Å². The summed E-state index contributed by atoms with van der Waals surface area (Å²) in [7, 11) is -29.4. The highest BCUT2D eigenvalue weighted by Gasteiger charge is 2.50. The number of quaternary nitrogens is 1. The minimum absolute atomic E-state index is 0.148. The van der Waals surface area contributed by atoms with Crippen molar-refractivity contribution in [3.05, 3.63) is 0 Å². The summed E-state index contributed by atoms with van der Waals surface area (Å²) in [5.74, 6) is -6.08. The second-order valence-corrected chi connectivity index (χ2v) is 38.2. The predicted molar refractivity (Wildman–Crippen MR) is 356 cm³/mol. The first kappa shape index (κ1) is 86.4. The van der Waals surface area contributed by atoms with E-state index in [0.717, 1.165) is 32.1 Å². The molecule has 93 heavy (non-hydrogen) atoms. The van der Waals surface area contributed by atoms with E-state index in [1.807, 2.05) is 14.1 Å². The van der Waals surface area contributed by atoms with Crippen LogP contribution in [0.4, 0.5) is 0 Å². The van der Waals surface area contributed by atoms with Gasteiger partial charge in [-0.2, -0.15) is 50.5 Å². The van der Waals surface area contributed by atoms with Crippen molar-refractivity contribution >= 4 is 69.5 Å². The second kappa shape index (κ2) is 42.4. The molecule has 3 aliphatic heterocycles. The quantitative estimate of drug-likeness (QED) is 0.0176. The number of aliphatic hydroxyl groups is 3. The average molecular weight is 1480 g/mol. The third-order valence-electron chi connectivity index (χ3n) is 17.0. The molecule has 3 heterocycles. The maximum Gasteiger partial charge on any atom is 0.502 e. The molecule has 31 nitrogen and oxygen atoms in total. The van der Waals surface area contributed by atoms with E-state index in [9.17, 15) is 93.1 Å². The molecule has 554 valence electrons. The molecular formula is C55H116N7O24S6Si+. The molecule has 38 heteroatoms. The van der Waals surface area contributed by atoms with Crippen LogP contribution in [0.25, 0.3) is 0 Å². The maximum atomic E-state index is 13.1. The first-order valence-electron chi connectivity index (χ1n) is 33.1. The molecule has 0 spiro atoms. The summed E-state index contributed by atoms with van der Waals surface area (Å²) < 4.78 is 228. The highest BCUT2D eigenvalue weighted by Crippen LogP contribution is 2.29. The van der Waals surface area contributed by atoms with Gasteiger partial charge < -0.3 is 33.1 Å². The van der Waals surface area contributed by atoms with E-state index in [2.05, 4.69) is 6.92 Å². The Morgan fingerprint density at radius 3 is 0.753 bits per heavy atom. The fraction of sp³-hybridized carbons (Fsp3) is 1.00. The van der Waals surface area contributed by atoms with Gasteiger partial charge in [-0.15, -0.1) is 0 Å². The monoisotopic (exact) mass is 1480 g/mol. The zero-order valence-electron chi connectivity index (χ0n) is 55.2. The SMILES string of the molecule is CCCCCCCCCCCCCCCCCCCC[N+](C)(C)CCC[Si](OC(CN1CCN(CC(O)CS(=O)(=O)O)CC1)CS(=O)(=O)O)(OC(CN1CCN(CC(O)CS(=O)(=O)O)CC1)CS(=O)(=O)O)OC(CN1CCN(CC(O)CS(=O)(=O)O)CC1)CS(=O)(=O)O. The van der Waals surface area contributed by atoms with Gasteiger partial charge in [0.1, 0.15) is 34.5 Å². The van der Waals surface area contributed by atoms with Gasteiger partial charge in [0, 0.05) is 130 Å². The Morgan fingerprint density at radius 2 is 0.527 bits per heavy atom. The van der Waals surface area contributed by atoms with Gasteiger partial charge >= 0.3 is 8.80 Å². The van der Waals surface area contributed by atoms with Crippen LogP contribution in [0.5, 0.6) is 0 Å². The summed E-state index contributed by atoms with van der Waals surface area (Å²) in [6.45, 7) is 4.10. The van der Waals surface area contributed by atoms with Crippen molar-refractivity contribution in [2.75, 3.05) is 180 Å². The van der Waals surface area contributed by atoms with E-state index in [1.165, 1.54) is 83.5 Å². The standard InChI is InChI=1S/C55H115N7O24S6Si/c1-4-5-6-7-8-9-10-11-12-13-14-15-16-17-18-19-20-21-35-62(2,3)36-22-37-93(84-53(47-90(75,76)77)41-59-29-23-56(24-30-59)38-50(63)44-87(66,67)68,85-54(48-91(78,79)80)42-60-31-25-57(26-32-60)39-51(64)45-88(69,70)71)86-55(49-92(81,82)83)43-61-33-27-58(28-34-61)40-52(65)46-89(72,73)74/h50-55,63-65H,4-49H2,1-3H3,(H5-,66,67,68,69,70,71,72,73,74,75,76,77,78,79,80,81,82,83)/p+1. The number of nitrogens with zero attached hydrogens (tertiary/aromatic N) is 7. The van der Waals surface area contributed by atoms with Crippen LogP contribution in [0.3, 0.4) is 0 Å². The zero-order valence-corrected chi connectivity index (χ0v) is 61.1. The fourth-order valence-corrected chi connectivity index (χ4v) is 19.7. The molecule has 0 radical (unpaired) electrons. The molecule has 0 aliphatic carbocycles. The van der Waals surface area contributed by atoms with Crippen molar-refractivity contribution in [3.63, 3.8) is 0 Å². The van der Waals surface area contributed by atoms with Crippen LogP contribution < -0.4 is 0 Å². The molecule has 0 amide bonds. The minimum Gasteiger partial charge on any atom is -0.391 e. The summed E-state index contributed by atoms with van der Waals surface area (Å²) in [5, 5.41) is 31.2. The molecule has 3 fully saturated rings. The lowest BCUT2D eigenvalue weighted by Gasteiger charge is -2.43. The molecule has 0 bridgehead atoms. The maximum absolute atomic E-state index is 13.1. The van der Waals surface area contributed by atoms with Crippen LogP contribution in [0, 0.1) is 0 Å². The van der Waals surface area contributed by atoms with Crippen molar-refractivity contribution in [2.45, 2.75) is 172 Å². The Kier molecular flexibility index (Phi) is 39.4. The Labute approximate surface area is 557 Å². The fourth-order valence-electron chi connectivity index (χ4n) is 12.5. The van der Waals surface area contributed by atoms with Crippen LogP contribution in [-0.4, -0.2) is 352 Å². The first-order chi connectivity index (χ1) is 43.2. The predicted octanol–water partition coefficient (Wildman–Crippen LogP) is 0.851. The third-order valence-corrected chi connectivity index (χ3v) is 24.8. The first-order valence-corrected chi connectivity index (χ1v) is 44.7. The number of rotatable bonds is 53. The van der Waals surface area contributed by atoms with Crippen molar-refractivity contribution in [2.24, 2.45) is 0 Å². The molecule has 0 aromatic rings. The normalized spacial score (nSPS) is 20.1. The molecule has 6 unspecified atom stereocenters. The Morgan fingerprint density at radius 1 is 0.323 bits per heavy atom. The summed E-state index contributed by atoms with van der Waals surface area (Å²) >= 11 is 0. The van der Waals surface area contributed by atoms with E-state index in [4.69, 9.17) is 13.3 Å². The lowest BCUT2D eigenvalue weighted by atomic mass is 10.0. The molecule has 9 N–H and O–H groups in total. The molecule has 0 aromatic carbocycles. The molecule has 0 saturated carbocycles. The van der Waals surface area contributed by atoms with E-state index in [-0.39, 0.29) is 130 Å². The van der Waals surface area contributed by atoms with Crippen LogP contribution >= 0.6 is 0 Å². The van der Waals surface area contributed by atoms with Gasteiger partial charge in [0.05, 0.1) is 63.8 Å². The van der Waals surface area contributed by atoms with Crippen LogP contribution in [0.15, 0.2) is 0 Å². The van der Waals surface area contributed by atoms with Gasteiger partial charge in [-0.3, -0.25) is 56.7 Å². The number of aliphatic hydroxyl groups excluding tert-OH is 3. The third kappa shape index (κ3) is 44.8. The van der Waals surface area contributed by atoms with E-state index >= 15 is 0 Å². The van der Waals surface area contributed by atoms with Crippen LogP contribution in [0.1, 0.15) is 129 Å². The Bertz CT molecular complexity index is 2530. The summed E-state index contributed by atoms with van der Waals surface area (Å²) in [5.41, 5.74) is 0. The van der Waals surface area contributed by atoms with Crippen LogP contribution in [-0.2, 0) is 74.0 Å². The van der Waals surface area contributed by atoms with E-state index in [0.29, 0.717) is 17.6 Å². The van der Waals surface area contributed by atoms with Crippen molar-refractivity contribution in [1.82, 2.24) is 29.4 Å². The molecule has 3 saturated heterocycles. The summed E-state index contributed by atoms with van der Waals surface area (Å²) in [6.07, 6.45) is 13.0. The Balaban J connectivity index is 2.00. The van der Waals surface area contributed by atoms with Gasteiger partial charge in [-0.25, -0.2) is 0 Å². The van der Waals surface area contributed by atoms with Gasteiger partial charge in [0.15, 0.2) is 0 Å². The largest absolute Gasteiger partial charge is 0.502 e. The topological polar surface area (TPSA) is 434 Å². The summed E-state index contributed by atoms with van der Waals surface area (Å²) in [6, 6.07) is -0.252. The molecule has 3 aliphatic rings. The highest BCUT2D eigenvalue weighted by molar-refractivity contribution is 7.87. The van der Waals surface area contributed by atoms with E-state index < -0.39 is 141 Å². The average Bonchev–Trinajstić information content (AvgIpc) is 0.811. The molecular weight excluding hydrogens is 1360 g/mol. The molecule has 0 aromatic heterocycles. The van der Waals surface area contributed by atoms with Crippen molar-refractivity contribution in [3.8, 4) is 0 Å². The lowest BCUT2D eigenvalue weighted by Crippen LogP contribution is -2.60. The van der Waals surface area contributed by atoms with Gasteiger partial charge in [-0.1, -0.05) is 110 Å². The molecule has 6 atom stereocenters. The summed E-state index contributed by atoms with van der Waals surface area (Å²) in [4.78, 5) is 10.3. The lowest BCUT2D eigenvalue weighted by molar-refractivity contribution is -0.890. The number of unbranched alkanes of at least 4 members (excludes halogenated alkanes) is 17. The van der Waals surface area contributed by atoms with Gasteiger partial charge in [0.2, 0.25) is 0 Å². The van der Waals surface area contributed by atoms with Crippen molar-refractivity contribution < 1.29 is 111 Å². The number of piperazine rings is 3. The molecule has 3 rings (SSSR count). The van der Waals surface area contributed by atoms with Gasteiger partial charge in [0.25, 0.3) is 60.7 Å². The van der Waals surface area contributed by atoms with E-state index in [1.54, 1.807) is 29.4 Å². The number of β-amino-alcohol motifs (C(OH)–C–C–N with tert-alkyl or cyclic N) is 3. The minimum atomic E-state index is -4.98. The highest BCUT2D eigenvalue weighted by atomic mass is 32.2. The second-order valence-electron chi connectivity index (χ2n) is 26.7. The van der Waals surface area contributed by atoms with Crippen LogP contribution in [0.2, 0.25) is 6.04 Å². The number of hydrogen-bond acceptors (Lipinski definition) is 24. The zero-order chi connectivity index (χ0) is 69.6. The smallest absolute Gasteiger partial charge is 0.391 e. The Hall–Kier alpha value is -0.843.